The first-order chi connectivity index (χ1) is 6.75. The quantitative estimate of drug-likeness (QED) is 0.678. The van der Waals surface area contributed by atoms with E-state index in [0.29, 0.717) is 6.04 Å². The van der Waals surface area contributed by atoms with E-state index in [1.807, 2.05) is 13.1 Å². The molecule has 1 aromatic rings. The fourth-order valence-corrected chi connectivity index (χ4v) is 1.44. The van der Waals surface area contributed by atoms with Crippen LogP contribution < -0.4 is 5.32 Å². The highest BCUT2D eigenvalue weighted by molar-refractivity contribution is 5.18. The number of nitrogens with zero attached hydrogens (tertiary/aromatic N) is 1. The molecule has 1 rings (SSSR count). The topological polar surface area (TPSA) is 49.9 Å². The standard InChI is InChI=1S/C10H19N3O/c1-8(11-5-4-6-14-3)10-7-12-13-9(10)2/h7-8,11H,4-6H2,1-3H3,(H,12,13). The molecule has 0 amide bonds. The van der Waals surface area contributed by atoms with Crippen LogP contribution in [0.5, 0.6) is 0 Å². The van der Waals surface area contributed by atoms with Gasteiger partial charge in [-0.15, -0.1) is 0 Å². The molecule has 80 valence electrons. The van der Waals surface area contributed by atoms with Crippen LogP contribution in [0.25, 0.3) is 0 Å². The molecule has 14 heavy (non-hydrogen) atoms. The lowest BCUT2D eigenvalue weighted by molar-refractivity contribution is 0.193. The molecule has 0 spiro atoms. The number of ether oxygens (including phenoxy) is 1. The summed E-state index contributed by atoms with van der Waals surface area (Å²) in [4.78, 5) is 0. The molecular weight excluding hydrogens is 178 g/mol. The van der Waals surface area contributed by atoms with Crippen molar-refractivity contribution in [2.45, 2.75) is 26.3 Å². The molecule has 1 unspecified atom stereocenters. The SMILES string of the molecule is COCCCNC(C)c1cn[nH]c1C. The Morgan fingerprint density at radius 3 is 3.00 bits per heavy atom. The van der Waals surface area contributed by atoms with E-state index in [9.17, 15) is 0 Å². The van der Waals surface area contributed by atoms with Crippen LogP contribution in [0, 0.1) is 6.92 Å². The fourth-order valence-electron chi connectivity index (χ4n) is 1.44. The highest BCUT2D eigenvalue weighted by Crippen LogP contribution is 2.13. The fraction of sp³-hybridized carbons (Fsp3) is 0.700. The number of H-pyrrole nitrogens is 1. The number of aryl methyl sites for hydroxylation is 1. The summed E-state index contributed by atoms with van der Waals surface area (Å²) in [5.41, 5.74) is 2.37. The lowest BCUT2D eigenvalue weighted by atomic mass is 10.1. The van der Waals surface area contributed by atoms with Gasteiger partial charge in [0, 0.05) is 31.0 Å². The summed E-state index contributed by atoms with van der Waals surface area (Å²) < 4.78 is 4.98. The van der Waals surface area contributed by atoms with Crippen molar-refractivity contribution >= 4 is 0 Å². The molecule has 0 aliphatic carbocycles. The molecule has 0 saturated heterocycles. The van der Waals surface area contributed by atoms with E-state index >= 15 is 0 Å². The molecular formula is C10H19N3O. The molecule has 1 atom stereocenters. The summed E-state index contributed by atoms with van der Waals surface area (Å²) in [7, 11) is 1.73. The summed E-state index contributed by atoms with van der Waals surface area (Å²) in [6.07, 6.45) is 2.92. The van der Waals surface area contributed by atoms with E-state index in [-0.39, 0.29) is 0 Å². The average molecular weight is 197 g/mol. The average Bonchev–Trinajstić information content (AvgIpc) is 2.59. The Kier molecular flexibility index (Phi) is 4.62. The predicted molar refractivity (Wildman–Crippen MR) is 56.2 cm³/mol. The van der Waals surface area contributed by atoms with E-state index < -0.39 is 0 Å². The van der Waals surface area contributed by atoms with Gasteiger partial charge < -0.3 is 10.1 Å². The van der Waals surface area contributed by atoms with E-state index in [1.165, 1.54) is 5.56 Å². The summed E-state index contributed by atoms with van der Waals surface area (Å²) >= 11 is 0. The zero-order chi connectivity index (χ0) is 10.4. The number of aromatic nitrogens is 2. The van der Waals surface area contributed by atoms with Crippen molar-refractivity contribution in [2.75, 3.05) is 20.3 Å². The number of nitrogens with one attached hydrogen (secondary N) is 2. The highest BCUT2D eigenvalue weighted by atomic mass is 16.5. The minimum Gasteiger partial charge on any atom is -0.385 e. The Labute approximate surface area is 85.0 Å². The highest BCUT2D eigenvalue weighted by Gasteiger charge is 2.08. The molecule has 2 N–H and O–H groups in total. The lowest BCUT2D eigenvalue weighted by Gasteiger charge is -2.12. The van der Waals surface area contributed by atoms with Gasteiger partial charge in [-0.05, 0) is 26.8 Å². The van der Waals surface area contributed by atoms with Crippen LogP contribution in [0.15, 0.2) is 6.20 Å². The Hall–Kier alpha value is -0.870. The van der Waals surface area contributed by atoms with Crippen LogP contribution in [-0.4, -0.2) is 30.5 Å². The third-order valence-electron chi connectivity index (χ3n) is 2.31. The van der Waals surface area contributed by atoms with Crippen LogP contribution >= 0.6 is 0 Å². The second kappa shape index (κ2) is 5.78. The monoisotopic (exact) mass is 197 g/mol. The Bertz CT molecular complexity index is 260. The molecule has 0 aliphatic rings. The van der Waals surface area contributed by atoms with Crippen molar-refractivity contribution in [3.05, 3.63) is 17.5 Å². The van der Waals surface area contributed by atoms with Gasteiger partial charge in [0.25, 0.3) is 0 Å². The molecule has 0 bridgehead atoms. The van der Waals surface area contributed by atoms with Crippen LogP contribution in [0.2, 0.25) is 0 Å². The first-order valence-corrected chi connectivity index (χ1v) is 4.98. The van der Waals surface area contributed by atoms with E-state index in [0.717, 1.165) is 25.3 Å². The minimum absolute atomic E-state index is 0.352. The molecule has 0 radical (unpaired) electrons. The third-order valence-corrected chi connectivity index (χ3v) is 2.31. The van der Waals surface area contributed by atoms with E-state index in [4.69, 9.17) is 4.74 Å². The van der Waals surface area contributed by atoms with Crippen molar-refractivity contribution in [1.82, 2.24) is 15.5 Å². The molecule has 1 aromatic heterocycles. The smallest absolute Gasteiger partial charge is 0.0537 e. The summed E-state index contributed by atoms with van der Waals surface area (Å²) in [5, 5.41) is 10.4. The zero-order valence-corrected chi connectivity index (χ0v) is 9.13. The second-order valence-corrected chi connectivity index (χ2v) is 3.47. The number of aromatic amines is 1. The van der Waals surface area contributed by atoms with Crippen LogP contribution in [0.4, 0.5) is 0 Å². The number of methoxy groups -OCH3 is 1. The first-order valence-electron chi connectivity index (χ1n) is 4.98. The number of rotatable bonds is 6. The molecule has 0 aliphatic heterocycles. The van der Waals surface area contributed by atoms with Gasteiger partial charge in [-0.25, -0.2) is 0 Å². The van der Waals surface area contributed by atoms with Crippen molar-refractivity contribution in [1.29, 1.82) is 0 Å². The van der Waals surface area contributed by atoms with Gasteiger partial charge in [0.2, 0.25) is 0 Å². The maximum absolute atomic E-state index is 4.98. The van der Waals surface area contributed by atoms with Crippen LogP contribution in [0.3, 0.4) is 0 Å². The molecule has 4 nitrogen and oxygen atoms in total. The molecule has 0 fully saturated rings. The maximum Gasteiger partial charge on any atom is 0.0537 e. The maximum atomic E-state index is 4.98. The molecule has 0 saturated carbocycles. The summed E-state index contributed by atoms with van der Waals surface area (Å²) in [6, 6.07) is 0.352. The van der Waals surface area contributed by atoms with Crippen molar-refractivity contribution in [2.24, 2.45) is 0 Å². The summed E-state index contributed by atoms with van der Waals surface area (Å²) in [6.45, 7) is 5.96. The van der Waals surface area contributed by atoms with E-state index in [2.05, 4.69) is 22.4 Å². The van der Waals surface area contributed by atoms with E-state index in [1.54, 1.807) is 7.11 Å². The van der Waals surface area contributed by atoms with Gasteiger partial charge in [0.1, 0.15) is 0 Å². The van der Waals surface area contributed by atoms with Crippen molar-refractivity contribution in [3.8, 4) is 0 Å². The zero-order valence-electron chi connectivity index (χ0n) is 9.13. The van der Waals surface area contributed by atoms with Gasteiger partial charge in [-0.3, -0.25) is 5.10 Å². The van der Waals surface area contributed by atoms with Gasteiger partial charge in [-0.1, -0.05) is 0 Å². The Morgan fingerprint density at radius 1 is 1.64 bits per heavy atom. The molecule has 0 aromatic carbocycles. The van der Waals surface area contributed by atoms with Gasteiger partial charge in [0.05, 0.1) is 6.20 Å². The Morgan fingerprint density at radius 2 is 2.43 bits per heavy atom. The number of hydrogen-bond acceptors (Lipinski definition) is 3. The Balaban J connectivity index is 2.28. The largest absolute Gasteiger partial charge is 0.385 e. The van der Waals surface area contributed by atoms with Gasteiger partial charge in [-0.2, -0.15) is 5.10 Å². The normalized spacial score (nSPS) is 13.1. The second-order valence-electron chi connectivity index (χ2n) is 3.47. The van der Waals surface area contributed by atoms with Crippen LogP contribution in [-0.2, 0) is 4.74 Å². The first kappa shape index (κ1) is 11.2. The molecule has 4 heteroatoms. The number of hydrogen-bond donors (Lipinski definition) is 2. The van der Waals surface area contributed by atoms with Gasteiger partial charge in [0.15, 0.2) is 0 Å². The van der Waals surface area contributed by atoms with Crippen molar-refractivity contribution in [3.63, 3.8) is 0 Å². The lowest BCUT2D eigenvalue weighted by Crippen LogP contribution is -2.21. The van der Waals surface area contributed by atoms with Crippen molar-refractivity contribution < 1.29 is 4.74 Å². The summed E-state index contributed by atoms with van der Waals surface area (Å²) in [5.74, 6) is 0. The van der Waals surface area contributed by atoms with Gasteiger partial charge >= 0.3 is 0 Å². The van der Waals surface area contributed by atoms with Crippen LogP contribution in [0.1, 0.15) is 30.6 Å². The minimum atomic E-state index is 0.352. The third kappa shape index (κ3) is 3.12. The predicted octanol–water partition coefficient (Wildman–Crippen LogP) is 1.41. The molecule has 1 heterocycles.